The SMILES string of the molecule is Cc1ccc(CS(=O)(=O)c2cn(CC(=O)N(C(C)C)C(C)C)c3ccccc23)cc1. The van der Waals surface area contributed by atoms with Gasteiger partial charge in [-0.2, -0.15) is 0 Å². The summed E-state index contributed by atoms with van der Waals surface area (Å²) in [7, 11) is -3.57. The molecule has 0 N–H and O–H groups in total. The molecule has 1 aromatic heterocycles. The fourth-order valence-corrected chi connectivity index (χ4v) is 5.56. The van der Waals surface area contributed by atoms with E-state index in [-0.39, 0.29) is 35.2 Å². The van der Waals surface area contributed by atoms with Crippen LogP contribution in [0.1, 0.15) is 38.8 Å². The van der Waals surface area contributed by atoms with Gasteiger partial charge in [-0.1, -0.05) is 48.0 Å². The molecule has 5 nitrogen and oxygen atoms in total. The van der Waals surface area contributed by atoms with Gasteiger partial charge in [-0.05, 0) is 46.2 Å². The highest BCUT2D eigenvalue weighted by atomic mass is 32.2. The minimum absolute atomic E-state index is 0.0248. The van der Waals surface area contributed by atoms with E-state index < -0.39 is 9.84 Å². The lowest BCUT2D eigenvalue weighted by atomic mass is 10.2. The summed E-state index contributed by atoms with van der Waals surface area (Å²) in [6.07, 6.45) is 1.62. The quantitative estimate of drug-likeness (QED) is 0.556. The van der Waals surface area contributed by atoms with Crippen molar-refractivity contribution in [1.29, 1.82) is 0 Å². The third-order valence-electron chi connectivity index (χ3n) is 5.27. The van der Waals surface area contributed by atoms with E-state index in [1.54, 1.807) is 16.8 Å². The van der Waals surface area contributed by atoms with Gasteiger partial charge in [0.05, 0.1) is 10.6 Å². The Morgan fingerprint density at radius 2 is 1.57 bits per heavy atom. The molecule has 0 aliphatic heterocycles. The smallest absolute Gasteiger partial charge is 0.242 e. The Labute approximate surface area is 179 Å². The molecule has 3 rings (SSSR count). The molecule has 0 saturated heterocycles. The number of benzene rings is 2. The first kappa shape index (κ1) is 22.1. The number of fused-ring (bicyclic) bond motifs is 1. The van der Waals surface area contributed by atoms with Crippen LogP contribution in [0.3, 0.4) is 0 Å². The highest BCUT2D eigenvalue weighted by molar-refractivity contribution is 7.90. The van der Waals surface area contributed by atoms with Crippen LogP contribution in [0.2, 0.25) is 0 Å². The minimum atomic E-state index is -3.57. The van der Waals surface area contributed by atoms with Crippen molar-refractivity contribution in [2.24, 2.45) is 0 Å². The van der Waals surface area contributed by atoms with E-state index in [0.29, 0.717) is 5.39 Å². The Morgan fingerprint density at radius 3 is 2.17 bits per heavy atom. The number of hydrogen-bond donors (Lipinski definition) is 0. The van der Waals surface area contributed by atoms with Crippen LogP contribution >= 0.6 is 0 Å². The molecule has 0 spiro atoms. The van der Waals surface area contributed by atoms with E-state index in [0.717, 1.165) is 16.6 Å². The number of amides is 1. The summed E-state index contributed by atoms with van der Waals surface area (Å²) in [6.45, 7) is 10.0. The molecule has 2 aromatic carbocycles. The number of carbonyl (C=O) groups is 1. The van der Waals surface area contributed by atoms with Gasteiger partial charge in [0.2, 0.25) is 5.91 Å². The molecule has 3 aromatic rings. The molecule has 0 saturated carbocycles. The van der Waals surface area contributed by atoms with E-state index in [1.165, 1.54) is 0 Å². The lowest BCUT2D eigenvalue weighted by Gasteiger charge is -2.31. The lowest BCUT2D eigenvalue weighted by molar-refractivity contribution is -0.135. The molecular weight excluding hydrogens is 396 g/mol. The van der Waals surface area contributed by atoms with Crippen molar-refractivity contribution in [2.45, 2.75) is 63.9 Å². The van der Waals surface area contributed by atoms with Crippen LogP contribution in [-0.2, 0) is 26.9 Å². The third kappa shape index (κ3) is 4.59. The number of nitrogens with zero attached hydrogens (tertiary/aromatic N) is 2. The first-order chi connectivity index (χ1) is 14.1. The molecule has 0 radical (unpaired) electrons. The number of hydrogen-bond acceptors (Lipinski definition) is 3. The van der Waals surface area contributed by atoms with Crippen LogP contribution in [0.15, 0.2) is 59.6 Å². The standard InChI is InChI=1S/C24H30N2O3S/c1-17(2)26(18(3)4)24(27)15-25-14-23(21-8-6-7-9-22(21)25)30(28,29)16-20-12-10-19(5)11-13-20/h6-14,17-18H,15-16H2,1-5H3. The van der Waals surface area contributed by atoms with Crippen molar-refractivity contribution in [3.8, 4) is 0 Å². The van der Waals surface area contributed by atoms with Crippen LogP contribution < -0.4 is 0 Å². The number of aryl methyl sites for hydroxylation is 1. The second-order valence-corrected chi connectivity index (χ2v) is 10.3. The number of aromatic nitrogens is 1. The largest absolute Gasteiger partial charge is 0.337 e. The van der Waals surface area contributed by atoms with Gasteiger partial charge in [0.1, 0.15) is 6.54 Å². The molecule has 1 heterocycles. The van der Waals surface area contributed by atoms with Crippen molar-refractivity contribution in [2.75, 3.05) is 0 Å². The van der Waals surface area contributed by atoms with E-state index in [4.69, 9.17) is 0 Å². The topological polar surface area (TPSA) is 59.4 Å². The summed E-state index contributed by atoms with van der Waals surface area (Å²) < 4.78 is 28.2. The zero-order valence-electron chi connectivity index (χ0n) is 18.3. The maximum absolute atomic E-state index is 13.2. The predicted molar refractivity (Wildman–Crippen MR) is 121 cm³/mol. The molecule has 6 heteroatoms. The molecule has 0 atom stereocenters. The Bertz CT molecular complexity index is 1130. The lowest BCUT2D eigenvalue weighted by Crippen LogP contribution is -2.43. The molecule has 0 aliphatic carbocycles. The van der Waals surface area contributed by atoms with Crippen LogP contribution in [0.25, 0.3) is 10.9 Å². The number of sulfone groups is 1. The van der Waals surface area contributed by atoms with Gasteiger partial charge in [0.25, 0.3) is 0 Å². The van der Waals surface area contributed by atoms with Crippen LogP contribution in [0.5, 0.6) is 0 Å². The minimum Gasteiger partial charge on any atom is -0.337 e. The van der Waals surface area contributed by atoms with Gasteiger partial charge in [0, 0.05) is 29.2 Å². The Kier molecular flexibility index (Phi) is 6.36. The fourth-order valence-electron chi connectivity index (χ4n) is 3.97. The summed E-state index contributed by atoms with van der Waals surface area (Å²) >= 11 is 0. The molecule has 0 fully saturated rings. The van der Waals surface area contributed by atoms with Crippen molar-refractivity contribution >= 4 is 26.6 Å². The molecule has 0 unspecified atom stereocenters. The predicted octanol–water partition coefficient (Wildman–Crippen LogP) is 4.57. The number of rotatable bonds is 7. The van der Waals surface area contributed by atoms with Crippen LogP contribution in [-0.4, -0.2) is 35.9 Å². The Morgan fingerprint density at radius 1 is 0.967 bits per heavy atom. The van der Waals surface area contributed by atoms with Gasteiger partial charge in [-0.25, -0.2) is 8.42 Å². The summed E-state index contributed by atoms with van der Waals surface area (Å²) in [5, 5.41) is 0.651. The maximum Gasteiger partial charge on any atom is 0.242 e. The summed E-state index contributed by atoms with van der Waals surface area (Å²) in [5.41, 5.74) is 2.59. The second-order valence-electron chi connectivity index (χ2n) is 8.37. The second kappa shape index (κ2) is 8.64. The summed E-state index contributed by atoms with van der Waals surface area (Å²) in [5.74, 6) is -0.0949. The molecule has 0 aliphatic rings. The highest BCUT2D eigenvalue weighted by Gasteiger charge is 2.25. The average molecular weight is 427 g/mol. The first-order valence-corrected chi connectivity index (χ1v) is 11.9. The molecule has 160 valence electrons. The van der Waals surface area contributed by atoms with Crippen molar-refractivity contribution in [3.05, 3.63) is 65.9 Å². The zero-order valence-corrected chi connectivity index (χ0v) is 19.1. The first-order valence-electron chi connectivity index (χ1n) is 10.3. The molecule has 0 bridgehead atoms. The monoisotopic (exact) mass is 426 g/mol. The average Bonchev–Trinajstić information content (AvgIpc) is 3.02. The Hall–Kier alpha value is -2.60. The fraction of sp³-hybridized carbons (Fsp3) is 0.375. The zero-order chi connectivity index (χ0) is 22.1. The van der Waals surface area contributed by atoms with Gasteiger partial charge in [0.15, 0.2) is 9.84 Å². The van der Waals surface area contributed by atoms with Gasteiger partial charge < -0.3 is 9.47 Å². The van der Waals surface area contributed by atoms with Gasteiger partial charge >= 0.3 is 0 Å². The normalized spacial score (nSPS) is 12.1. The van der Waals surface area contributed by atoms with Gasteiger partial charge in [-0.3, -0.25) is 4.79 Å². The highest BCUT2D eigenvalue weighted by Crippen LogP contribution is 2.28. The summed E-state index contributed by atoms with van der Waals surface area (Å²) in [6, 6.07) is 15.0. The molecular formula is C24H30N2O3S. The molecule has 1 amide bonds. The molecule has 30 heavy (non-hydrogen) atoms. The Balaban J connectivity index is 1.99. The number of para-hydroxylation sites is 1. The van der Waals surface area contributed by atoms with Crippen molar-refractivity contribution in [1.82, 2.24) is 9.47 Å². The summed E-state index contributed by atoms with van der Waals surface area (Å²) in [4.78, 5) is 15.1. The van der Waals surface area contributed by atoms with Crippen LogP contribution in [0.4, 0.5) is 0 Å². The van der Waals surface area contributed by atoms with E-state index >= 15 is 0 Å². The van der Waals surface area contributed by atoms with E-state index in [9.17, 15) is 13.2 Å². The number of carbonyl (C=O) groups excluding carboxylic acids is 1. The van der Waals surface area contributed by atoms with E-state index in [1.807, 2.05) is 82.0 Å². The van der Waals surface area contributed by atoms with Gasteiger partial charge in [-0.15, -0.1) is 0 Å². The van der Waals surface area contributed by atoms with Crippen molar-refractivity contribution in [3.63, 3.8) is 0 Å². The maximum atomic E-state index is 13.2. The van der Waals surface area contributed by atoms with Crippen molar-refractivity contribution < 1.29 is 13.2 Å². The van der Waals surface area contributed by atoms with Crippen LogP contribution in [0, 0.1) is 6.92 Å². The third-order valence-corrected chi connectivity index (χ3v) is 6.98. The van der Waals surface area contributed by atoms with E-state index in [2.05, 4.69) is 0 Å².